The third kappa shape index (κ3) is 6.17. The fourth-order valence-corrected chi connectivity index (χ4v) is 5.19. The number of benzene rings is 2. The van der Waals surface area contributed by atoms with Crippen molar-refractivity contribution in [2.75, 3.05) is 13.2 Å². The van der Waals surface area contributed by atoms with E-state index in [1.165, 1.54) is 0 Å². The number of aromatic nitrogens is 2. The van der Waals surface area contributed by atoms with Gasteiger partial charge in [0.15, 0.2) is 0 Å². The van der Waals surface area contributed by atoms with Gasteiger partial charge in [-0.25, -0.2) is 9.18 Å². The van der Waals surface area contributed by atoms with Crippen LogP contribution in [-0.2, 0) is 22.5 Å². The molecule has 0 radical (unpaired) electrons. The highest BCUT2D eigenvalue weighted by Crippen LogP contribution is 2.39. The molecule has 4 rings (SSSR count). The summed E-state index contributed by atoms with van der Waals surface area (Å²) in [7, 11) is 0. The molecule has 1 fully saturated rings. The maximum atomic E-state index is 15.3. The zero-order chi connectivity index (χ0) is 24.8. The molecule has 0 bridgehead atoms. The van der Waals surface area contributed by atoms with Gasteiger partial charge in [0.2, 0.25) is 0 Å². The Bertz CT molecular complexity index is 1130. The Balaban J connectivity index is 1.64. The molecule has 0 aliphatic heterocycles. The van der Waals surface area contributed by atoms with Crippen LogP contribution >= 0.6 is 0 Å². The quantitative estimate of drug-likeness (QED) is 0.360. The van der Waals surface area contributed by atoms with Crippen molar-refractivity contribution in [3.63, 3.8) is 0 Å². The zero-order valence-corrected chi connectivity index (χ0v) is 20.7. The van der Waals surface area contributed by atoms with E-state index in [1.54, 1.807) is 6.07 Å². The summed E-state index contributed by atoms with van der Waals surface area (Å²) in [5.41, 5.74) is 5.48. The lowest BCUT2D eigenvalue weighted by molar-refractivity contribution is -0.142. The van der Waals surface area contributed by atoms with Gasteiger partial charge in [-0.1, -0.05) is 49.7 Å². The van der Waals surface area contributed by atoms with Gasteiger partial charge in [0.05, 0.1) is 18.0 Å². The minimum Gasteiger partial charge on any atom is -0.480 e. The number of carboxylic acid groups (broad SMARTS) is 1. The molecule has 1 aliphatic rings. The molecule has 2 aromatic carbocycles. The van der Waals surface area contributed by atoms with Crippen LogP contribution in [-0.4, -0.2) is 34.1 Å². The molecule has 0 amide bonds. The first-order chi connectivity index (χ1) is 17.0. The second-order valence-electron chi connectivity index (χ2n) is 9.75. The number of rotatable bonds is 10. The van der Waals surface area contributed by atoms with Crippen LogP contribution in [0.1, 0.15) is 50.3 Å². The molecular formula is C29H35FN2O3. The second-order valence-corrected chi connectivity index (χ2v) is 9.75. The van der Waals surface area contributed by atoms with Crippen LogP contribution in [0, 0.1) is 24.6 Å². The minimum atomic E-state index is -0.926. The van der Waals surface area contributed by atoms with Crippen LogP contribution < -0.4 is 0 Å². The lowest BCUT2D eigenvalue weighted by atomic mass is 9.82. The number of aliphatic carboxylic acids is 1. The Kier molecular flexibility index (Phi) is 8.34. The topological polar surface area (TPSA) is 64.4 Å². The van der Waals surface area contributed by atoms with Gasteiger partial charge >= 0.3 is 5.97 Å². The first-order valence-electron chi connectivity index (χ1n) is 12.7. The third-order valence-corrected chi connectivity index (χ3v) is 6.93. The maximum absolute atomic E-state index is 15.3. The molecule has 1 aromatic heterocycles. The standard InChI is InChI=1S/C29H35FN2O3/c1-3-7-26-28(23-8-5-4-6-9-23)29(24-15-10-20(2)16-25(24)30)32(31-26)17-21-11-13-22(14-12-21)18-35-19-27(33)34/h4-6,8-10,15-16,21-22H,3,7,11-14,17-19H2,1-2H3,(H,33,34). The van der Waals surface area contributed by atoms with Gasteiger partial charge in [-0.15, -0.1) is 0 Å². The zero-order valence-electron chi connectivity index (χ0n) is 20.7. The average Bonchev–Trinajstić information content (AvgIpc) is 3.18. The van der Waals surface area contributed by atoms with Gasteiger partial charge in [-0.2, -0.15) is 5.10 Å². The van der Waals surface area contributed by atoms with Gasteiger partial charge in [0, 0.05) is 17.7 Å². The molecule has 0 saturated heterocycles. The Hall–Kier alpha value is -2.99. The number of aryl methyl sites for hydroxylation is 2. The van der Waals surface area contributed by atoms with E-state index in [2.05, 4.69) is 19.1 Å². The summed E-state index contributed by atoms with van der Waals surface area (Å²) in [6.45, 7) is 5.06. The lowest BCUT2D eigenvalue weighted by Gasteiger charge is -2.28. The van der Waals surface area contributed by atoms with Crippen LogP contribution in [0.2, 0.25) is 0 Å². The van der Waals surface area contributed by atoms with Crippen LogP contribution in [0.4, 0.5) is 4.39 Å². The molecule has 3 aromatic rings. The third-order valence-electron chi connectivity index (χ3n) is 6.93. The second kappa shape index (κ2) is 11.6. The first kappa shape index (κ1) is 25.1. The van der Waals surface area contributed by atoms with Crippen molar-refractivity contribution >= 4 is 5.97 Å². The van der Waals surface area contributed by atoms with Crippen molar-refractivity contribution < 1.29 is 19.0 Å². The molecule has 35 heavy (non-hydrogen) atoms. The summed E-state index contributed by atoms with van der Waals surface area (Å²) in [4.78, 5) is 10.7. The molecule has 0 spiro atoms. The van der Waals surface area contributed by atoms with E-state index in [1.807, 2.05) is 41.9 Å². The molecule has 0 atom stereocenters. The smallest absolute Gasteiger partial charge is 0.329 e. The highest BCUT2D eigenvalue weighted by atomic mass is 19.1. The SMILES string of the molecule is CCCc1nn(CC2CCC(COCC(=O)O)CC2)c(-c2ccc(C)cc2F)c1-c1ccccc1. The van der Waals surface area contributed by atoms with E-state index < -0.39 is 5.97 Å². The minimum absolute atomic E-state index is 0.217. The lowest BCUT2D eigenvalue weighted by Crippen LogP contribution is -2.23. The van der Waals surface area contributed by atoms with Crippen LogP contribution in [0.5, 0.6) is 0 Å². The van der Waals surface area contributed by atoms with Crippen molar-refractivity contribution in [3.05, 3.63) is 65.6 Å². The number of carboxylic acids is 1. The predicted molar refractivity (Wildman–Crippen MR) is 136 cm³/mol. The number of carbonyl (C=O) groups is 1. The highest BCUT2D eigenvalue weighted by Gasteiger charge is 2.27. The van der Waals surface area contributed by atoms with E-state index >= 15 is 4.39 Å². The Morgan fingerprint density at radius 3 is 2.49 bits per heavy atom. The van der Waals surface area contributed by atoms with Crippen molar-refractivity contribution in [2.24, 2.45) is 11.8 Å². The maximum Gasteiger partial charge on any atom is 0.329 e. The van der Waals surface area contributed by atoms with Gasteiger partial charge < -0.3 is 9.84 Å². The van der Waals surface area contributed by atoms with Crippen molar-refractivity contribution in [1.29, 1.82) is 0 Å². The number of ether oxygens (including phenoxy) is 1. The van der Waals surface area contributed by atoms with Crippen LogP contribution in [0.15, 0.2) is 48.5 Å². The molecule has 1 heterocycles. The van der Waals surface area contributed by atoms with Crippen LogP contribution in [0.25, 0.3) is 22.4 Å². The Labute approximate surface area is 206 Å². The van der Waals surface area contributed by atoms with E-state index in [9.17, 15) is 4.79 Å². The summed E-state index contributed by atoms with van der Waals surface area (Å²) in [5.74, 6) is -0.306. The number of halogens is 1. The summed E-state index contributed by atoms with van der Waals surface area (Å²) < 4.78 is 22.7. The molecule has 1 N–H and O–H groups in total. The van der Waals surface area contributed by atoms with Crippen molar-refractivity contribution in [1.82, 2.24) is 9.78 Å². The summed E-state index contributed by atoms with van der Waals surface area (Å²) in [6.07, 6.45) is 5.88. The summed E-state index contributed by atoms with van der Waals surface area (Å²) in [6, 6.07) is 15.7. The monoisotopic (exact) mass is 478 g/mol. The molecule has 1 aliphatic carbocycles. The highest BCUT2D eigenvalue weighted by molar-refractivity contribution is 5.83. The molecule has 186 valence electrons. The normalized spacial score (nSPS) is 18.0. The number of hydrogen-bond acceptors (Lipinski definition) is 3. The van der Waals surface area contributed by atoms with Gasteiger partial charge in [-0.05, 0) is 74.1 Å². The fourth-order valence-electron chi connectivity index (χ4n) is 5.19. The van der Waals surface area contributed by atoms with E-state index in [0.29, 0.717) is 24.0 Å². The number of nitrogens with zero attached hydrogens (tertiary/aromatic N) is 2. The number of hydrogen-bond donors (Lipinski definition) is 1. The average molecular weight is 479 g/mol. The Morgan fingerprint density at radius 2 is 1.83 bits per heavy atom. The largest absolute Gasteiger partial charge is 0.480 e. The predicted octanol–water partition coefficient (Wildman–Crippen LogP) is 6.52. The molecule has 6 heteroatoms. The van der Waals surface area contributed by atoms with E-state index in [-0.39, 0.29) is 12.4 Å². The molecular weight excluding hydrogens is 443 g/mol. The van der Waals surface area contributed by atoms with Crippen molar-refractivity contribution in [2.45, 2.75) is 58.9 Å². The first-order valence-corrected chi connectivity index (χ1v) is 12.7. The molecule has 0 unspecified atom stereocenters. The van der Waals surface area contributed by atoms with E-state index in [4.69, 9.17) is 14.9 Å². The van der Waals surface area contributed by atoms with Crippen molar-refractivity contribution in [3.8, 4) is 22.4 Å². The van der Waals surface area contributed by atoms with E-state index in [0.717, 1.165) is 73.1 Å². The van der Waals surface area contributed by atoms with Gasteiger partial charge in [0.25, 0.3) is 0 Å². The van der Waals surface area contributed by atoms with Gasteiger partial charge in [-0.3, -0.25) is 4.68 Å². The fraction of sp³-hybridized carbons (Fsp3) is 0.448. The van der Waals surface area contributed by atoms with Gasteiger partial charge in [0.1, 0.15) is 12.4 Å². The Morgan fingerprint density at radius 1 is 1.11 bits per heavy atom. The molecule has 1 saturated carbocycles. The summed E-state index contributed by atoms with van der Waals surface area (Å²) >= 11 is 0. The molecule has 5 nitrogen and oxygen atoms in total. The van der Waals surface area contributed by atoms with Crippen LogP contribution in [0.3, 0.4) is 0 Å². The summed E-state index contributed by atoms with van der Waals surface area (Å²) in [5, 5.41) is 13.8.